The van der Waals surface area contributed by atoms with Gasteiger partial charge in [0, 0.05) is 0 Å². The minimum atomic E-state index is 0.949. The first-order valence-electron chi connectivity index (χ1n) is 4.92. The van der Waals surface area contributed by atoms with Gasteiger partial charge in [0.25, 0.3) is 0 Å². The van der Waals surface area contributed by atoms with Crippen molar-refractivity contribution in [3.05, 3.63) is 59.9 Å². The molecule has 0 amide bonds. The van der Waals surface area contributed by atoms with Crippen LogP contribution in [0.3, 0.4) is 0 Å². The van der Waals surface area contributed by atoms with Crippen LogP contribution in [-0.4, -0.2) is 0 Å². The molecule has 0 heterocycles. The van der Waals surface area contributed by atoms with Gasteiger partial charge in [0.15, 0.2) is 0 Å². The van der Waals surface area contributed by atoms with E-state index in [9.17, 15) is 0 Å². The lowest BCUT2D eigenvalue weighted by molar-refractivity contribution is 1.19. The van der Waals surface area contributed by atoms with Gasteiger partial charge in [-0.25, -0.2) is 0 Å². The van der Waals surface area contributed by atoms with Crippen molar-refractivity contribution in [1.82, 2.24) is 0 Å². The smallest absolute Gasteiger partial charge is 0.00286 e. The molecule has 1 rings (SSSR count). The van der Waals surface area contributed by atoms with Gasteiger partial charge in [-0.2, -0.15) is 0 Å². The highest BCUT2D eigenvalue weighted by Crippen LogP contribution is 2.15. The average molecular weight is 187 g/mol. The van der Waals surface area contributed by atoms with Crippen molar-refractivity contribution in [1.29, 1.82) is 0 Å². The van der Waals surface area contributed by atoms with Crippen LogP contribution < -0.4 is 5.73 Å². The van der Waals surface area contributed by atoms with Gasteiger partial charge in [-0.15, -0.1) is 0 Å². The predicted molar refractivity (Wildman–Crippen MR) is 62.7 cm³/mol. The molecule has 1 aliphatic rings. The van der Waals surface area contributed by atoms with E-state index in [-0.39, 0.29) is 0 Å². The van der Waals surface area contributed by atoms with E-state index in [4.69, 9.17) is 5.73 Å². The molecular weight excluding hydrogens is 170 g/mol. The van der Waals surface area contributed by atoms with Gasteiger partial charge >= 0.3 is 0 Å². The Hall–Kier alpha value is -1.50. The molecule has 0 aliphatic heterocycles. The largest absolute Gasteiger partial charge is 0.405 e. The SMILES string of the molecule is C/C=C(\C=C/N)CC1=CC=CCC=C1. The normalized spacial score (nSPS) is 17.2. The molecule has 0 fully saturated rings. The molecule has 0 spiro atoms. The Morgan fingerprint density at radius 3 is 3.07 bits per heavy atom. The molecule has 14 heavy (non-hydrogen) atoms. The fraction of sp³-hybridized carbons (Fsp3) is 0.231. The molecule has 1 aliphatic carbocycles. The summed E-state index contributed by atoms with van der Waals surface area (Å²) in [5, 5.41) is 0. The monoisotopic (exact) mass is 187 g/mol. The highest BCUT2D eigenvalue weighted by atomic mass is 14.5. The van der Waals surface area contributed by atoms with Crippen LogP contribution in [0.15, 0.2) is 59.9 Å². The van der Waals surface area contributed by atoms with Gasteiger partial charge in [0.1, 0.15) is 0 Å². The molecule has 0 aromatic carbocycles. The second kappa shape index (κ2) is 6.03. The van der Waals surface area contributed by atoms with Crippen LogP contribution in [-0.2, 0) is 0 Å². The molecule has 0 aromatic heterocycles. The number of hydrogen-bond acceptors (Lipinski definition) is 1. The number of allylic oxidation sites excluding steroid dienone is 9. The van der Waals surface area contributed by atoms with E-state index >= 15 is 0 Å². The Bertz CT molecular complexity index is 314. The second-order valence-corrected chi connectivity index (χ2v) is 3.21. The summed E-state index contributed by atoms with van der Waals surface area (Å²) >= 11 is 0. The summed E-state index contributed by atoms with van der Waals surface area (Å²) in [6, 6.07) is 0. The highest BCUT2D eigenvalue weighted by molar-refractivity contribution is 5.34. The zero-order valence-electron chi connectivity index (χ0n) is 8.61. The maximum atomic E-state index is 5.37. The molecule has 0 unspecified atom stereocenters. The van der Waals surface area contributed by atoms with Crippen molar-refractivity contribution in [3.8, 4) is 0 Å². The summed E-state index contributed by atoms with van der Waals surface area (Å²) in [5.41, 5.74) is 7.94. The Kier molecular flexibility index (Phi) is 4.56. The first-order valence-corrected chi connectivity index (χ1v) is 4.92. The summed E-state index contributed by atoms with van der Waals surface area (Å²) in [4.78, 5) is 0. The van der Waals surface area contributed by atoms with Crippen LogP contribution in [0.4, 0.5) is 0 Å². The molecule has 0 aromatic rings. The van der Waals surface area contributed by atoms with Crippen LogP contribution in [0.2, 0.25) is 0 Å². The molecule has 0 saturated heterocycles. The van der Waals surface area contributed by atoms with Crippen molar-refractivity contribution in [3.63, 3.8) is 0 Å². The third-order valence-corrected chi connectivity index (χ3v) is 2.14. The standard InChI is InChI=1S/C13H17N/c1-2-12(9-10-14)11-13-7-5-3-4-6-8-13/h2-3,5-10H,4,11,14H2,1H3/b10-9-,12-2+. The summed E-state index contributed by atoms with van der Waals surface area (Å²) in [6.45, 7) is 2.03. The molecule has 2 N–H and O–H groups in total. The molecule has 0 bridgehead atoms. The summed E-state index contributed by atoms with van der Waals surface area (Å²) < 4.78 is 0. The van der Waals surface area contributed by atoms with E-state index in [2.05, 4.69) is 36.5 Å². The van der Waals surface area contributed by atoms with Crippen molar-refractivity contribution in [2.75, 3.05) is 0 Å². The van der Waals surface area contributed by atoms with Crippen LogP contribution in [0.25, 0.3) is 0 Å². The first kappa shape index (κ1) is 10.6. The van der Waals surface area contributed by atoms with E-state index < -0.39 is 0 Å². The van der Waals surface area contributed by atoms with Crippen LogP contribution >= 0.6 is 0 Å². The Balaban J connectivity index is 2.67. The van der Waals surface area contributed by atoms with Crippen molar-refractivity contribution < 1.29 is 0 Å². The van der Waals surface area contributed by atoms with Gasteiger partial charge in [0.2, 0.25) is 0 Å². The maximum absolute atomic E-state index is 5.37. The van der Waals surface area contributed by atoms with Crippen LogP contribution in [0.5, 0.6) is 0 Å². The highest BCUT2D eigenvalue weighted by Gasteiger charge is 1.96. The molecular formula is C13H17N. The van der Waals surface area contributed by atoms with Gasteiger partial charge < -0.3 is 5.73 Å². The maximum Gasteiger partial charge on any atom is -0.00286 e. The average Bonchev–Trinajstić information content (AvgIpc) is 2.45. The van der Waals surface area contributed by atoms with Gasteiger partial charge in [-0.3, -0.25) is 0 Å². The lowest BCUT2D eigenvalue weighted by Gasteiger charge is -2.01. The fourth-order valence-electron chi connectivity index (χ4n) is 1.36. The van der Waals surface area contributed by atoms with Crippen molar-refractivity contribution >= 4 is 0 Å². The minimum absolute atomic E-state index is 0.949. The Morgan fingerprint density at radius 2 is 2.36 bits per heavy atom. The minimum Gasteiger partial charge on any atom is -0.405 e. The molecule has 1 heteroatoms. The van der Waals surface area contributed by atoms with Crippen LogP contribution in [0.1, 0.15) is 19.8 Å². The van der Waals surface area contributed by atoms with Gasteiger partial charge in [0.05, 0.1) is 0 Å². The lowest BCUT2D eigenvalue weighted by atomic mass is 10.0. The van der Waals surface area contributed by atoms with E-state index in [1.54, 1.807) is 6.20 Å². The number of nitrogens with two attached hydrogens (primary N) is 1. The van der Waals surface area contributed by atoms with E-state index in [1.165, 1.54) is 11.1 Å². The molecule has 74 valence electrons. The molecule has 0 radical (unpaired) electrons. The van der Waals surface area contributed by atoms with Crippen molar-refractivity contribution in [2.24, 2.45) is 5.73 Å². The second-order valence-electron chi connectivity index (χ2n) is 3.21. The van der Waals surface area contributed by atoms with Gasteiger partial charge in [-0.05, 0) is 43.2 Å². The first-order chi connectivity index (χ1) is 6.86. The molecule has 1 nitrogen and oxygen atoms in total. The quantitative estimate of drug-likeness (QED) is 0.674. The fourth-order valence-corrected chi connectivity index (χ4v) is 1.36. The summed E-state index contributed by atoms with van der Waals surface area (Å²) in [7, 11) is 0. The number of hydrogen-bond donors (Lipinski definition) is 1. The summed E-state index contributed by atoms with van der Waals surface area (Å²) in [5.74, 6) is 0. The zero-order chi connectivity index (χ0) is 10.2. The van der Waals surface area contributed by atoms with Crippen LogP contribution in [0, 0.1) is 0 Å². The Morgan fingerprint density at radius 1 is 1.50 bits per heavy atom. The third-order valence-electron chi connectivity index (χ3n) is 2.14. The molecule has 0 atom stereocenters. The molecule has 0 saturated carbocycles. The Labute approximate surface area is 86.0 Å². The van der Waals surface area contributed by atoms with Crippen molar-refractivity contribution in [2.45, 2.75) is 19.8 Å². The number of rotatable bonds is 3. The lowest BCUT2D eigenvalue weighted by Crippen LogP contribution is -1.85. The van der Waals surface area contributed by atoms with E-state index in [0.717, 1.165) is 12.8 Å². The van der Waals surface area contributed by atoms with Gasteiger partial charge in [-0.1, -0.05) is 36.5 Å². The zero-order valence-corrected chi connectivity index (χ0v) is 8.61. The topological polar surface area (TPSA) is 26.0 Å². The van der Waals surface area contributed by atoms with E-state index in [1.807, 2.05) is 13.0 Å². The third kappa shape index (κ3) is 3.48. The predicted octanol–water partition coefficient (Wildman–Crippen LogP) is 3.24. The summed E-state index contributed by atoms with van der Waals surface area (Å²) in [6.07, 6.45) is 18.4. The van der Waals surface area contributed by atoms with E-state index in [0.29, 0.717) is 0 Å².